The molecule has 1 aliphatic rings. The summed E-state index contributed by atoms with van der Waals surface area (Å²) < 4.78 is 0. The number of nitrogens with one attached hydrogen (secondary N) is 1. The van der Waals surface area contributed by atoms with Gasteiger partial charge in [-0.25, -0.2) is 0 Å². The summed E-state index contributed by atoms with van der Waals surface area (Å²) in [5.74, 6) is 0.0375. The van der Waals surface area contributed by atoms with E-state index in [-0.39, 0.29) is 17.9 Å². The molecule has 0 radical (unpaired) electrons. The molecule has 1 aliphatic heterocycles. The average Bonchev–Trinajstić information content (AvgIpc) is 2.89. The third-order valence-corrected chi connectivity index (χ3v) is 4.51. The lowest BCUT2D eigenvalue weighted by Crippen LogP contribution is -2.15. The maximum absolute atomic E-state index is 12.2. The molecule has 3 rings (SSSR count). The smallest absolute Gasteiger partial charge is 0.232 e. The number of benzene rings is 2. The molecular weight excluding hydrogens is 272 g/mol. The van der Waals surface area contributed by atoms with Crippen LogP contribution in [0.25, 0.3) is 0 Å². The molecule has 22 heavy (non-hydrogen) atoms. The van der Waals surface area contributed by atoms with E-state index in [2.05, 4.69) is 31.3 Å². The molecule has 3 nitrogen and oxygen atoms in total. The lowest BCUT2D eigenvalue weighted by atomic mass is 9.89. The van der Waals surface area contributed by atoms with Crippen molar-refractivity contribution in [1.82, 2.24) is 0 Å². The second kappa shape index (κ2) is 5.93. The van der Waals surface area contributed by atoms with Crippen LogP contribution in [-0.2, 0) is 11.2 Å². The zero-order valence-corrected chi connectivity index (χ0v) is 13.1. The summed E-state index contributed by atoms with van der Waals surface area (Å²) in [7, 11) is 0. The number of amides is 1. The van der Waals surface area contributed by atoms with Crippen molar-refractivity contribution in [2.45, 2.75) is 38.6 Å². The molecular formula is C19H22N2O. The van der Waals surface area contributed by atoms with Crippen LogP contribution in [0.1, 0.15) is 54.5 Å². The van der Waals surface area contributed by atoms with E-state index in [1.165, 1.54) is 5.56 Å². The second-order valence-electron chi connectivity index (χ2n) is 5.84. The van der Waals surface area contributed by atoms with Gasteiger partial charge in [-0.1, -0.05) is 56.3 Å². The normalized spacial score (nSPS) is 18.0. The molecule has 1 amide bonds. The van der Waals surface area contributed by atoms with Crippen LogP contribution >= 0.6 is 0 Å². The fourth-order valence-electron chi connectivity index (χ4n) is 3.22. The number of hydrogen-bond donors (Lipinski definition) is 2. The van der Waals surface area contributed by atoms with E-state index in [4.69, 9.17) is 5.73 Å². The molecule has 0 aromatic heterocycles. The van der Waals surface area contributed by atoms with Gasteiger partial charge < -0.3 is 11.1 Å². The summed E-state index contributed by atoms with van der Waals surface area (Å²) in [6.07, 6.45) is 1.75. The van der Waals surface area contributed by atoms with Gasteiger partial charge in [0.25, 0.3) is 0 Å². The van der Waals surface area contributed by atoms with E-state index in [0.29, 0.717) is 0 Å². The molecule has 3 heteroatoms. The Morgan fingerprint density at radius 2 is 1.91 bits per heavy atom. The van der Waals surface area contributed by atoms with Gasteiger partial charge >= 0.3 is 0 Å². The maximum atomic E-state index is 12.2. The molecule has 0 saturated heterocycles. The lowest BCUT2D eigenvalue weighted by Gasteiger charge is -2.18. The number of anilines is 1. The highest BCUT2D eigenvalue weighted by molar-refractivity contribution is 6.04. The summed E-state index contributed by atoms with van der Waals surface area (Å²) in [6, 6.07) is 14.1. The average molecular weight is 294 g/mol. The summed E-state index contributed by atoms with van der Waals surface area (Å²) in [4.78, 5) is 12.2. The number of carbonyl (C=O) groups is 1. The number of carbonyl (C=O) groups excluding carboxylic acids is 1. The monoisotopic (exact) mass is 294 g/mol. The molecule has 0 spiro atoms. The van der Waals surface area contributed by atoms with Crippen molar-refractivity contribution in [3.8, 4) is 0 Å². The summed E-state index contributed by atoms with van der Waals surface area (Å²) in [5, 5.41) is 3.05. The van der Waals surface area contributed by atoms with Gasteiger partial charge in [0.1, 0.15) is 0 Å². The molecule has 114 valence electrons. The van der Waals surface area contributed by atoms with E-state index >= 15 is 0 Å². The van der Waals surface area contributed by atoms with Crippen molar-refractivity contribution in [2.24, 2.45) is 5.73 Å². The first kappa shape index (κ1) is 14.8. The van der Waals surface area contributed by atoms with Crippen LogP contribution in [-0.4, -0.2) is 5.91 Å². The molecule has 0 saturated carbocycles. The Balaban J connectivity index is 2.13. The van der Waals surface area contributed by atoms with E-state index in [9.17, 15) is 4.79 Å². The van der Waals surface area contributed by atoms with Gasteiger partial charge in [0, 0.05) is 5.69 Å². The number of fused-ring (bicyclic) bond motifs is 1. The topological polar surface area (TPSA) is 55.1 Å². The van der Waals surface area contributed by atoms with Crippen LogP contribution < -0.4 is 11.1 Å². The van der Waals surface area contributed by atoms with Gasteiger partial charge in [0.15, 0.2) is 0 Å². The lowest BCUT2D eigenvalue weighted by molar-refractivity contribution is -0.117. The van der Waals surface area contributed by atoms with Gasteiger partial charge in [-0.2, -0.15) is 0 Å². The molecule has 0 fully saturated rings. The van der Waals surface area contributed by atoms with Crippen LogP contribution in [0.3, 0.4) is 0 Å². The van der Waals surface area contributed by atoms with Crippen LogP contribution in [0.2, 0.25) is 0 Å². The highest BCUT2D eigenvalue weighted by Crippen LogP contribution is 2.41. The zero-order chi connectivity index (χ0) is 15.7. The summed E-state index contributed by atoms with van der Waals surface area (Å²) >= 11 is 0. The Kier molecular flexibility index (Phi) is 3.99. The van der Waals surface area contributed by atoms with Crippen molar-refractivity contribution in [1.29, 1.82) is 0 Å². The van der Waals surface area contributed by atoms with Crippen LogP contribution in [0.15, 0.2) is 42.5 Å². The summed E-state index contributed by atoms with van der Waals surface area (Å²) in [6.45, 7) is 4.18. The Labute approximate surface area is 131 Å². The fraction of sp³-hybridized carbons (Fsp3) is 0.316. The number of aryl methyl sites for hydroxylation is 1. The van der Waals surface area contributed by atoms with Gasteiger partial charge in [0.2, 0.25) is 5.91 Å². The molecule has 2 unspecified atom stereocenters. The predicted octanol–water partition coefficient (Wildman–Crippen LogP) is 3.74. The van der Waals surface area contributed by atoms with Crippen molar-refractivity contribution in [2.75, 3.05) is 5.32 Å². The van der Waals surface area contributed by atoms with Crippen LogP contribution in [0.5, 0.6) is 0 Å². The SMILES string of the molecule is CCc1cc2c(c(C(N)c3ccccc3)c1)NC(=O)C2CC. The Bertz CT molecular complexity index is 694. The zero-order valence-electron chi connectivity index (χ0n) is 13.1. The van der Waals surface area contributed by atoms with Crippen molar-refractivity contribution in [3.05, 3.63) is 64.7 Å². The van der Waals surface area contributed by atoms with E-state index < -0.39 is 0 Å². The predicted molar refractivity (Wildman–Crippen MR) is 90.0 cm³/mol. The van der Waals surface area contributed by atoms with Gasteiger partial charge in [-0.3, -0.25) is 4.79 Å². The Morgan fingerprint density at radius 1 is 1.18 bits per heavy atom. The molecule has 0 bridgehead atoms. The highest BCUT2D eigenvalue weighted by Gasteiger charge is 2.32. The fourth-order valence-corrected chi connectivity index (χ4v) is 3.22. The molecule has 1 heterocycles. The third-order valence-electron chi connectivity index (χ3n) is 4.51. The number of rotatable bonds is 4. The van der Waals surface area contributed by atoms with E-state index in [1.807, 2.05) is 30.3 Å². The minimum absolute atomic E-state index is 0.0526. The largest absolute Gasteiger partial charge is 0.325 e. The number of hydrogen-bond acceptors (Lipinski definition) is 2. The first-order chi connectivity index (χ1) is 10.7. The van der Waals surface area contributed by atoms with Crippen LogP contribution in [0.4, 0.5) is 5.69 Å². The first-order valence-corrected chi connectivity index (χ1v) is 7.93. The van der Waals surface area contributed by atoms with Crippen molar-refractivity contribution < 1.29 is 4.79 Å². The van der Waals surface area contributed by atoms with Gasteiger partial charge in [-0.05, 0) is 35.1 Å². The first-order valence-electron chi connectivity index (χ1n) is 7.93. The highest BCUT2D eigenvalue weighted by atomic mass is 16.2. The minimum atomic E-state index is -0.225. The maximum Gasteiger partial charge on any atom is 0.232 e. The standard InChI is InChI=1S/C19H22N2O/c1-3-12-10-15-14(4-2)19(22)21-18(15)16(11-12)17(20)13-8-6-5-7-9-13/h5-11,14,17H,3-4,20H2,1-2H3,(H,21,22). The van der Waals surface area contributed by atoms with Crippen molar-refractivity contribution in [3.63, 3.8) is 0 Å². The minimum Gasteiger partial charge on any atom is -0.325 e. The van der Waals surface area contributed by atoms with Gasteiger partial charge in [-0.15, -0.1) is 0 Å². The van der Waals surface area contributed by atoms with E-state index in [1.54, 1.807) is 0 Å². The molecule has 3 N–H and O–H groups in total. The third kappa shape index (κ3) is 2.42. The molecule has 2 aromatic rings. The molecule has 2 atom stereocenters. The van der Waals surface area contributed by atoms with Crippen molar-refractivity contribution >= 4 is 11.6 Å². The quantitative estimate of drug-likeness (QED) is 0.902. The number of nitrogens with two attached hydrogens (primary N) is 1. The molecule has 2 aromatic carbocycles. The van der Waals surface area contributed by atoms with Crippen LogP contribution in [0, 0.1) is 0 Å². The van der Waals surface area contributed by atoms with Gasteiger partial charge in [0.05, 0.1) is 12.0 Å². The Hall–Kier alpha value is -2.13. The second-order valence-corrected chi connectivity index (χ2v) is 5.84. The van der Waals surface area contributed by atoms with E-state index in [0.717, 1.165) is 35.2 Å². The summed E-state index contributed by atoms with van der Waals surface area (Å²) in [5.41, 5.74) is 11.8. The Morgan fingerprint density at radius 3 is 2.55 bits per heavy atom. The molecule has 0 aliphatic carbocycles.